The van der Waals surface area contributed by atoms with Gasteiger partial charge >= 0.3 is 6.09 Å². The zero-order valence-electron chi connectivity index (χ0n) is 16.6. The number of amides is 2. The summed E-state index contributed by atoms with van der Waals surface area (Å²) in [6.45, 7) is 6.83. The summed E-state index contributed by atoms with van der Waals surface area (Å²) in [6.07, 6.45) is 3.58. The highest BCUT2D eigenvalue weighted by Gasteiger charge is 2.44. The van der Waals surface area contributed by atoms with E-state index in [0.717, 1.165) is 5.56 Å². The first-order valence-corrected chi connectivity index (χ1v) is 9.89. The quantitative estimate of drug-likeness (QED) is 0.710. The van der Waals surface area contributed by atoms with Crippen molar-refractivity contribution in [1.29, 1.82) is 0 Å². The number of hydrogen-bond donors (Lipinski definition) is 0. The molecule has 154 valence electrons. The Bertz CT molecular complexity index is 927. The second kappa shape index (κ2) is 7.29. The molecule has 4 heterocycles. The van der Waals surface area contributed by atoms with Crippen LogP contribution >= 0.6 is 11.6 Å². The Kier molecular flexibility index (Phi) is 4.94. The molecule has 2 aliphatic heterocycles. The van der Waals surface area contributed by atoms with Crippen LogP contribution in [0.3, 0.4) is 0 Å². The van der Waals surface area contributed by atoms with Gasteiger partial charge in [0.15, 0.2) is 0 Å². The Morgan fingerprint density at radius 1 is 1.34 bits per heavy atom. The third-order valence-electron chi connectivity index (χ3n) is 5.08. The van der Waals surface area contributed by atoms with Crippen molar-refractivity contribution in [3.05, 3.63) is 40.9 Å². The largest absolute Gasteiger partial charge is 0.444 e. The van der Waals surface area contributed by atoms with Crippen molar-refractivity contribution in [2.45, 2.75) is 58.0 Å². The molecule has 0 bridgehead atoms. The second-order valence-electron chi connectivity index (χ2n) is 8.38. The van der Waals surface area contributed by atoms with Gasteiger partial charge in [-0.2, -0.15) is 0 Å². The van der Waals surface area contributed by atoms with Crippen LogP contribution in [0.15, 0.2) is 24.5 Å². The highest BCUT2D eigenvalue weighted by Crippen LogP contribution is 2.31. The Balaban J connectivity index is 1.55. The molecule has 1 fully saturated rings. The number of carbonyl (C=O) groups is 2. The van der Waals surface area contributed by atoms with Crippen LogP contribution in [0.4, 0.5) is 4.79 Å². The molecule has 9 nitrogen and oxygen atoms in total. The molecule has 2 atom stereocenters. The van der Waals surface area contributed by atoms with E-state index in [9.17, 15) is 9.59 Å². The summed E-state index contributed by atoms with van der Waals surface area (Å²) in [7, 11) is 0. The fraction of sp³-hybridized carbons (Fsp3) is 0.526. The van der Waals surface area contributed by atoms with E-state index in [-0.39, 0.29) is 18.0 Å². The maximum absolute atomic E-state index is 12.9. The zero-order chi connectivity index (χ0) is 20.8. The predicted octanol–water partition coefficient (Wildman–Crippen LogP) is 2.36. The minimum Gasteiger partial charge on any atom is -0.444 e. The van der Waals surface area contributed by atoms with E-state index in [0.29, 0.717) is 36.9 Å². The maximum atomic E-state index is 12.9. The summed E-state index contributed by atoms with van der Waals surface area (Å²) < 4.78 is 7.28. The number of carbonyl (C=O) groups excluding carboxylic acids is 2. The lowest BCUT2D eigenvalue weighted by molar-refractivity contribution is 0.0199. The van der Waals surface area contributed by atoms with E-state index in [1.54, 1.807) is 32.9 Å². The SMILES string of the molecule is CC(C)(C)OC(=O)N1C[C@H](N2Cc3ccc(Cl)nc3C2=O)C[C@H]1Cn1ccnn1. The van der Waals surface area contributed by atoms with E-state index in [1.807, 2.05) is 26.8 Å². The van der Waals surface area contributed by atoms with E-state index in [1.165, 1.54) is 0 Å². The maximum Gasteiger partial charge on any atom is 0.410 e. The summed E-state index contributed by atoms with van der Waals surface area (Å²) in [5.74, 6) is -0.155. The monoisotopic (exact) mass is 418 g/mol. The number of rotatable bonds is 3. The first kappa shape index (κ1) is 19.6. The van der Waals surface area contributed by atoms with Crippen LogP contribution < -0.4 is 0 Å². The summed E-state index contributed by atoms with van der Waals surface area (Å²) in [5, 5.41) is 8.14. The Hall–Kier alpha value is -2.68. The zero-order valence-corrected chi connectivity index (χ0v) is 17.3. The summed E-state index contributed by atoms with van der Waals surface area (Å²) in [5.41, 5.74) is 0.636. The number of nitrogens with zero attached hydrogens (tertiary/aromatic N) is 6. The summed E-state index contributed by atoms with van der Waals surface area (Å²) in [6, 6.07) is 3.21. The minimum atomic E-state index is -0.604. The van der Waals surface area contributed by atoms with Gasteiger partial charge in [0.2, 0.25) is 0 Å². The molecule has 0 saturated carbocycles. The van der Waals surface area contributed by atoms with Gasteiger partial charge < -0.3 is 14.5 Å². The van der Waals surface area contributed by atoms with Gasteiger partial charge in [-0.3, -0.25) is 9.48 Å². The number of aromatic nitrogens is 4. The van der Waals surface area contributed by atoms with Crippen LogP contribution in [0, 0.1) is 0 Å². The van der Waals surface area contributed by atoms with Crippen molar-refractivity contribution >= 4 is 23.6 Å². The van der Waals surface area contributed by atoms with Gasteiger partial charge in [0, 0.05) is 24.8 Å². The van der Waals surface area contributed by atoms with Gasteiger partial charge in [-0.25, -0.2) is 9.78 Å². The molecule has 0 aliphatic carbocycles. The molecule has 10 heteroatoms. The van der Waals surface area contributed by atoms with Crippen LogP contribution in [-0.4, -0.2) is 66.0 Å². The topological polar surface area (TPSA) is 93.5 Å². The fourth-order valence-corrected chi connectivity index (χ4v) is 3.99. The molecule has 2 aromatic heterocycles. The number of halogens is 1. The van der Waals surface area contributed by atoms with Gasteiger partial charge in [0.1, 0.15) is 16.4 Å². The molecule has 1 saturated heterocycles. The van der Waals surface area contributed by atoms with Crippen LogP contribution in [0.2, 0.25) is 5.15 Å². The van der Waals surface area contributed by atoms with Gasteiger partial charge in [0.25, 0.3) is 5.91 Å². The number of fused-ring (bicyclic) bond motifs is 1. The summed E-state index contributed by atoms with van der Waals surface area (Å²) >= 11 is 5.96. The first-order valence-electron chi connectivity index (χ1n) is 9.51. The number of pyridine rings is 1. The standard InChI is InChI=1S/C19H23ClN6O3/c1-19(2,3)29-18(28)26-11-14(8-13(26)10-24-7-6-21-23-24)25-9-12-4-5-15(20)22-16(12)17(25)27/h4-7,13-14H,8-11H2,1-3H3/t13-,14+/m0/s1. The average Bonchev–Trinajstić information content (AvgIpc) is 3.34. The molecule has 4 rings (SSSR count). The van der Waals surface area contributed by atoms with Gasteiger partial charge in [-0.15, -0.1) is 5.10 Å². The van der Waals surface area contributed by atoms with E-state index in [4.69, 9.17) is 16.3 Å². The third kappa shape index (κ3) is 4.05. The highest BCUT2D eigenvalue weighted by molar-refractivity contribution is 6.29. The first-order chi connectivity index (χ1) is 13.7. The highest BCUT2D eigenvalue weighted by atomic mass is 35.5. The van der Waals surface area contributed by atoms with Crippen molar-refractivity contribution < 1.29 is 14.3 Å². The van der Waals surface area contributed by atoms with Crippen molar-refractivity contribution in [1.82, 2.24) is 29.8 Å². The van der Waals surface area contributed by atoms with Gasteiger partial charge in [0.05, 0.1) is 24.8 Å². The van der Waals surface area contributed by atoms with E-state index in [2.05, 4.69) is 15.3 Å². The predicted molar refractivity (Wildman–Crippen MR) is 104 cm³/mol. The molecule has 0 spiro atoms. The van der Waals surface area contributed by atoms with Gasteiger partial charge in [-0.1, -0.05) is 22.9 Å². The summed E-state index contributed by atoms with van der Waals surface area (Å²) in [4.78, 5) is 33.4. The normalized spacial score (nSPS) is 21.6. The molecule has 2 aliphatic rings. The fourth-order valence-electron chi connectivity index (χ4n) is 3.84. The molecule has 2 aromatic rings. The Morgan fingerprint density at radius 3 is 2.83 bits per heavy atom. The second-order valence-corrected chi connectivity index (χ2v) is 8.76. The number of likely N-dealkylation sites (tertiary alicyclic amines) is 1. The Morgan fingerprint density at radius 2 is 2.14 bits per heavy atom. The van der Waals surface area contributed by atoms with Crippen LogP contribution in [0.25, 0.3) is 0 Å². The van der Waals surface area contributed by atoms with E-state index < -0.39 is 11.7 Å². The molecular weight excluding hydrogens is 396 g/mol. The van der Waals surface area contributed by atoms with E-state index >= 15 is 0 Å². The lowest BCUT2D eigenvalue weighted by Gasteiger charge is -2.28. The molecule has 0 unspecified atom stereocenters. The lowest BCUT2D eigenvalue weighted by atomic mass is 10.1. The molecular formula is C19H23ClN6O3. The average molecular weight is 419 g/mol. The van der Waals surface area contributed by atoms with Crippen LogP contribution in [-0.2, 0) is 17.8 Å². The van der Waals surface area contributed by atoms with Crippen LogP contribution in [0.1, 0.15) is 43.2 Å². The molecule has 0 radical (unpaired) electrons. The molecule has 0 aromatic carbocycles. The smallest absolute Gasteiger partial charge is 0.410 e. The van der Waals surface area contributed by atoms with Crippen molar-refractivity contribution in [3.8, 4) is 0 Å². The van der Waals surface area contributed by atoms with Gasteiger partial charge in [-0.05, 0) is 33.3 Å². The molecule has 0 N–H and O–H groups in total. The third-order valence-corrected chi connectivity index (χ3v) is 5.29. The van der Waals surface area contributed by atoms with Crippen LogP contribution in [0.5, 0.6) is 0 Å². The molecule has 2 amide bonds. The van der Waals surface area contributed by atoms with Crippen molar-refractivity contribution in [3.63, 3.8) is 0 Å². The minimum absolute atomic E-state index is 0.142. The van der Waals surface area contributed by atoms with Crippen molar-refractivity contribution in [2.24, 2.45) is 0 Å². The van der Waals surface area contributed by atoms with Crippen molar-refractivity contribution in [2.75, 3.05) is 6.54 Å². The number of ether oxygens (including phenoxy) is 1. The lowest BCUT2D eigenvalue weighted by Crippen LogP contribution is -2.43. The Labute approximate surface area is 173 Å². The number of hydrogen-bond acceptors (Lipinski definition) is 6. The molecule has 29 heavy (non-hydrogen) atoms.